The summed E-state index contributed by atoms with van der Waals surface area (Å²) in [6.45, 7) is 6.46. The third-order valence-corrected chi connectivity index (χ3v) is 4.30. The molecule has 2 heterocycles. The molecule has 112 valence electrons. The highest BCUT2D eigenvalue weighted by Gasteiger charge is 2.35. The fourth-order valence-corrected chi connectivity index (χ4v) is 3.37. The molecule has 0 spiro atoms. The lowest BCUT2D eigenvalue weighted by Gasteiger charge is -2.26. The van der Waals surface area contributed by atoms with E-state index in [1.807, 2.05) is 6.07 Å². The van der Waals surface area contributed by atoms with Crippen molar-refractivity contribution in [3.63, 3.8) is 0 Å². The average Bonchev–Trinajstić information content (AvgIpc) is 3.02. The van der Waals surface area contributed by atoms with Crippen molar-refractivity contribution in [3.05, 3.63) is 24.3 Å². The number of hydrogen-bond acceptors (Lipinski definition) is 3. The number of pyridine rings is 1. The molecule has 5 nitrogen and oxygen atoms in total. The van der Waals surface area contributed by atoms with Gasteiger partial charge < -0.3 is 9.67 Å². The monoisotopic (exact) mass is 287 g/mol. The van der Waals surface area contributed by atoms with Gasteiger partial charge in [-0.15, -0.1) is 0 Å². The van der Waals surface area contributed by atoms with Crippen LogP contribution in [0.25, 0.3) is 11.0 Å². The fourth-order valence-electron chi connectivity index (χ4n) is 3.37. The largest absolute Gasteiger partial charge is 0.481 e. The quantitative estimate of drug-likeness (QED) is 0.921. The van der Waals surface area contributed by atoms with E-state index >= 15 is 0 Å². The van der Waals surface area contributed by atoms with Crippen LogP contribution in [0, 0.1) is 5.92 Å². The van der Waals surface area contributed by atoms with Crippen molar-refractivity contribution in [2.75, 3.05) is 0 Å². The molecule has 0 amide bonds. The van der Waals surface area contributed by atoms with Gasteiger partial charge in [-0.3, -0.25) is 9.78 Å². The number of carbonyl (C=O) groups is 1. The number of fused-ring (bicyclic) bond motifs is 1. The Morgan fingerprint density at radius 3 is 2.76 bits per heavy atom. The first kappa shape index (κ1) is 14.0. The minimum atomic E-state index is -0.683. The van der Waals surface area contributed by atoms with Crippen molar-refractivity contribution in [3.8, 4) is 0 Å². The highest BCUT2D eigenvalue weighted by molar-refractivity contribution is 5.75. The molecule has 0 bridgehead atoms. The number of hydrogen-bond donors (Lipinski definition) is 1. The summed E-state index contributed by atoms with van der Waals surface area (Å²) in [7, 11) is 0. The molecule has 1 aliphatic carbocycles. The van der Waals surface area contributed by atoms with Gasteiger partial charge in [-0.05, 0) is 46.1 Å². The molecule has 21 heavy (non-hydrogen) atoms. The van der Waals surface area contributed by atoms with Crippen molar-refractivity contribution in [2.24, 2.45) is 5.92 Å². The Bertz CT molecular complexity index is 684. The van der Waals surface area contributed by atoms with Crippen molar-refractivity contribution < 1.29 is 9.90 Å². The molecule has 1 N–H and O–H groups in total. The number of aromatic nitrogens is 3. The number of carboxylic acids is 1. The summed E-state index contributed by atoms with van der Waals surface area (Å²) in [5.74, 6) is 0.311. The maximum absolute atomic E-state index is 11.2. The molecule has 3 rings (SSSR count). The van der Waals surface area contributed by atoms with Crippen LogP contribution in [0.3, 0.4) is 0 Å². The molecule has 2 aromatic heterocycles. The van der Waals surface area contributed by atoms with Crippen LogP contribution in [0.2, 0.25) is 0 Å². The molecule has 2 unspecified atom stereocenters. The minimum absolute atomic E-state index is 0.0905. The molecule has 2 atom stereocenters. The molecule has 0 radical (unpaired) electrons. The van der Waals surface area contributed by atoms with Crippen LogP contribution < -0.4 is 0 Å². The summed E-state index contributed by atoms with van der Waals surface area (Å²) in [6.07, 6.45) is 5.88. The maximum atomic E-state index is 11.2. The number of carboxylic acid groups (broad SMARTS) is 1. The molecule has 1 aliphatic rings. The van der Waals surface area contributed by atoms with E-state index in [0.717, 1.165) is 29.7 Å². The van der Waals surface area contributed by atoms with Crippen LogP contribution in [-0.4, -0.2) is 25.6 Å². The molecule has 0 aromatic carbocycles. The zero-order valence-corrected chi connectivity index (χ0v) is 12.7. The fraction of sp³-hybridized carbons (Fsp3) is 0.562. The first-order valence-electron chi connectivity index (χ1n) is 7.43. The lowest BCUT2D eigenvalue weighted by Crippen LogP contribution is -2.25. The highest BCUT2D eigenvalue weighted by Crippen LogP contribution is 2.40. The summed E-state index contributed by atoms with van der Waals surface area (Å²) >= 11 is 0. The Morgan fingerprint density at radius 2 is 2.14 bits per heavy atom. The van der Waals surface area contributed by atoms with Gasteiger partial charge >= 0.3 is 5.97 Å². The van der Waals surface area contributed by atoms with Gasteiger partial charge in [-0.1, -0.05) is 0 Å². The van der Waals surface area contributed by atoms with Crippen molar-refractivity contribution in [2.45, 2.75) is 51.5 Å². The zero-order chi connectivity index (χ0) is 15.2. The predicted octanol–water partition coefficient (Wildman–Crippen LogP) is 3.15. The third-order valence-electron chi connectivity index (χ3n) is 4.30. The van der Waals surface area contributed by atoms with Crippen LogP contribution in [0.4, 0.5) is 0 Å². The second kappa shape index (κ2) is 4.83. The van der Waals surface area contributed by atoms with Gasteiger partial charge in [0, 0.05) is 17.7 Å². The van der Waals surface area contributed by atoms with Crippen LogP contribution in [0.5, 0.6) is 0 Å². The van der Waals surface area contributed by atoms with Gasteiger partial charge in [0.25, 0.3) is 0 Å². The highest BCUT2D eigenvalue weighted by atomic mass is 16.4. The Labute approximate surface area is 124 Å². The molecule has 0 aliphatic heterocycles. The summed E-state index contributed by atoms with van der Waals surface area (Å²) in [4.78, 5) is 20.1. The Kier molecular flexibility index (Phi) is 3.23. The topological polar surface area (TPSA) is 68.0 Å². The Hall–Kier alpha value is -1.91. The molecule has 2 aromatic rings. The van der Waals surface area contributed by atoms with Crippen LogP contribution in [-0.2, 0) is 10.3 Å². The summed E-state index contributed by atoms with van der Waals surface area (Å²) < 4.78 is 2.25. The molecule has 1 fully saturated rings. The van der Waals surface area contributed by atoms with E-state index in [2.05, 4.69) is 30.3 Å². The van der Waals surface area contributed by atoms with Gasteiger partial charge in [0.05, 0.1) is 17.6 Å². The first-order chi connectivity index (χ1) is 9.88. The normalized spacial score (nSPS) is 22.8. The number of imidazole rings is 1. The third kappa shape index (κ3) is 2.41. The summed E-state index contributed by atoms with van der Waals surface area (Å²) in [5, 5.41) is 9.21. The van der Waals surface area contributed by atoms with E-state index in [1.54, 1.807) is 12.4 Å². The van der Waals surface area contributed by atoms with Crippen molar-refractivity contribution in [1.82, 2.24) is 14.5 Å². The number of nitrogens with zero attached hydrogens (tertiary/aromatic N) is 3. The van der Waals surface area contributed by atoms with Crippen LogP contribution in [0.1, 0.15) is 51.8 Å². The maximum Gasteiger partial charge on any atom is 0.306 e. The van der Waals surface area contributed by atoms with Gasteiger partial charge in [0.1, 0.15) is 11.3 Å². The number of rotatable bonds is 2. The lowest BCUT2D eigenvalue weighted by atomic mass is 10.0. The first-order valence-corrected chi connectivity index (χ1v) is 7.43. The smallest absolute Gasteiger partial charge is 0.306 e. The predicted molar refractivity (Wildman–Crippen MR) is 80.2 cm³/mol. The van der Waals surface area contributed by atoms with Crippen molar-refractivity contribution >= 4 is 17.0 Å². The summed E-state index contributed by atoms with van der Waals surface area (Å²) in [6, 6.07) is 1.99. The average molecular weight is 287 g/mol. The molecule has 1 saturated carbocycles. The molecular formula is C16H21N3O2. The molecule has 5 heteroatoms. The van der Waals surface area contributed by atoms with Gasteiger partial charge in [0.15, 0.2) is 0 Å². The van der Waals surface area contributed by atoms with Crippen LogP contribution >= 0.6 is 0 Å². The Morgan fingerprint density at radius 1 is 1.38 bits per heavy atom. The second-order valence-electron chi connectivity index (χ2n) is 6.89. The van der Waals surface area contributed by atoms with E-state index in [-0.39, 0.29) is 17.4 Å². The SMILES string of the molecule is CC(C)(C)n1c(C2CCC(C(=O)O)C2)nc2cnccc21. The van der Waals surface area contributed by atoms with Gasteiger partial charge in [-0.25, -0.2) is 4.98 Å². The standard InChI is InChI=1S/C16H21N3O2/c1-16(2,3)19-13-6-7-17-9-12(13)18-14(19)10-4-5-11(8-10)15(20)21/h6-7,9-11H,4-5,8H2,1-3H3,(H,20,21). The number of aliphatic carboxylic acids is 1. The molecular weight excluding hydrogens is 266 g/mol. The molecule has 0 saturated heterocycles. The van der Waals surface area contributed by atoms with Crippen LogP contribution in [0.15, 0.2) is 18.5 Å². The zero-order valence-electron chi connectivity index (χ0n) is 12.7. The summed E-state index contributed by atoms with van der Waals surface area (Å²) in [5.41, 5.74) is 1.87. The van der Waals surface area contributed by atoms with E-state index in [1.165, 1.54) is 0 Å². The van der Waals surface area contributed by atoms with E-state index in [4.69, 9.17) is 4.98 Å². The van der Waals surface area contributed by atoms with E-state index in [0.29, 0.717) is 6.42 Å². The van der Waals surface area contributed by atoms with E-state index < -0.39 is 5.97 Å². The Balaban J connectivity index is 2.08. The second-order valence-corrected chi connectivity index (χ2v) is 6.89. The van der Waals surface area contributed by atoms with Gasteiger partial charge in [-0.2, -0.15) is 0 Å². The van der Waals surface area contributed by atoms with Crippen molar-refractivity contribution in [1.29, 1.82) is 0 Å². The van der Waals surface area contributed by atoms with Gasteiger partial charge in [0.2, 0.25) is 0 Å². The minimum Gasteiger partial charge on any atom is -0.481 e. The van der Waals surface area contributed by atoms with E-state index in [9.17, 15) is 9.90 Å². The lowest BCUT2D eigenvalue weighted by molar-refractivity contribution is -0.141.